The van der Waals surface area contributed by atoms with Crippen LogP contribution in [0, 0.1) is 12.7 Å². The monoisotopic (exact) mass is 408 g/mol. The van der Waals surface area contributed by atoms with Crippen LogP contribution in [0.25, 0.3) is 11.3 Å². The standard InChI is InChI=1S/C21H21FN6O2/c1-13-10-15(21(24)27-28-25-12-20(23)29)11-19(26-13)14-2-6-17(7-3-14)30-18-8-4-16(22)5-9-18/h2-11,25,28H,12H2,1H3,(H2,23,29)(H2,24,27). The minimum absolute atomic E-state index is 0.0796. The number of hydrazine groups is 1. The van der Waals surface area contributed by atoms with Crippen molar-refractivity contribution in [3.63, 3.8) is 0 Å². The Bertz CT molecular complexity index is 1050. The fraction of sp³-hybridized carbons (Fsp3) is 0.0952. The van der Waals surface area contributed by atoms with Crippen molar-refractivity contribution < 1.29 is 13.9 Å². The highest BCUT2D eigenvalue weighted by molar-refractivity contribution is 5.98. The number of rotatable bonds is 8. The summed E-state index contributed by atoms with van der Waals surface area (Å²) in [6, 6.07) is 16.7. The molecule has 30 heavy (non-hydrogen) atoms. The lowest BCUT2D eigenvalue weighted by Gasteiger charge is -2.09. The Morgan fingerprint density at radius 1 is 1.07 bits per heavy atom. The molecule has 0 spiro atoms. The molecule has 8 nitrogen and oxygen atoms in total. The molecule has 0 atom stereocenters. The number of hydrogen-bond acceptors (Lipinski definition) is 6. The molecule has 1 heterocycles. The number of carbonyl (C=O) groups is 1. The molecule has 0 fully saturated rings. The summed E-state index contributed by atoms with van der Waals surface area (Å²) in [5.74, 6) is 0.534. The first-order valence-corrected chi connectivity index (χ1v) is 9.03. The smallest absolute Gasteiger partial charge is 0.233 e. The van der Waals surface area contributed by atoms with Crippen LogP contribution in [-0.2, 0) is 4.79 Å². The second-order valence-electron chi connectivity index (χ2n) is 6.39. The third-order valence-corrected chi connectivity index (χ3v) is 3.97. The number of hydrogen-bond donors (Lipinski definition) is 4. The molecule has 0 aliphatic carbocycles. The van der Waals surface area contributed by atoms with Gasteiger partial charge in [-0.1, -0.05) is 0 Å². The van der Waals surface area contributed by atoms with Gasteiger partial charge in [0.15, 0.2) is 5.84 Å². The summed E-state index contributed by atoms with van der Waals surface area (Å²) in [4.78, 5) is 15.2. The van der Waals surface area contributed by atoms with Crippen LogP contribution in [0.1, 0.15) is 11.3 Å². The van der Waals surface area contributed by atoms with Crippen LogP contribution in [0.5, 0.6) is 11.5 Å². The summed E-state index contributed by atoms with van der Waals surface area (Å²) in [5.41, 5.74) is 19.0. The van der Waals surface area contributed by atoms with Crippen LogP contribution in [0.4, 0.5) is 4.39 Å². The lowest BCUT2D eigenvalue weighted by molar-refractivity contribution is -0.117. The minimum atomic E-state index is -0.523. The van der Waals surface area contributed by atoms with E-state index < -0.39 is 5.91 Å². The molecule has 0 saturated heterocycles. The zero-order valence-electron chi connectivity index (χ0n) is 16.2. The van der Waals surface area contributed by atoms with E-state index in [0.29, 0.717) is 22.8 Å². The number of ether oxygens (including phenoxy) is 1. The Labute approximate surface area is 172 Å². The zero-order valence-corrected chi connectivity index (χ0v) is 16.2. The van der Waals surface area contributed by atoms with Crippen molar-refractivity contribution in [3.8, 4) is 22.8 Å². The molecule has 0 aliphatic heterocycles. The average molecular weight is 408 g/mol. The summed E-state index contributed by atoms with van der Waals surface area (Å²) >= 11 is 0. The highest BCUT2D eigenvalue weighted by Crippen LogP contribution is 2.26. The number of amides is 1. The van der Waals surface area contributed by atoms with E-state index in [1.165, 1.54) is 12.1 Å². The van der Waals surface area contributed by atoms with Crippen molar-refractivity contribution in [2.24, 2.45) is 16.6 Å². The van der Waals surface area contributed by atoms with Gasteiger partial charge in [0.1, 0.15) is 17.3 Å². The average Bonchev–Trinajstić information content (AvgIpc) is 2.72. The number of amidine groups is 1. The molecule has 3 rings (SSSR count). The molecular formula is C21H21FN6O2. The van der Waals surface area contributed by atoms with Gasteiger partial charge in [-0.15, -0.1) is 5.10 Å². The van der Waals surface area contributed by atoms with Crippen LogP contribution < -0.4 is 27.2 Å². The number of benzene rings is 2. The molecule has 0 saturated carbocycles. The Hall–Kier alpha value is -3.98. The molecule has 9 heteroatoms. The van der Waals surface area contributed by atoms with E-state index >= 15 is 0 Å². The molecule has 1 aromatic heterocycles. The van der Waals surface area contributed by atoms with E-state index in [1.54, 1.807) is 36.4 Å². The molecule has 3 aromatic rings. The number of carbonyl (C=O) groups excluding carboxylic acids is 1. The molecule has 6 N–H and O–H groups in total. The molecule has 2 aromatic carbocycles. The van der Waals surface area contributed by atoms with Crippen LogP contribution in [0.15, 0.2) is 65.8 Å². The highest BCUT2D eigenvalue weighted by atomic mass is 19.1. The van der Waals surface area contributed by atoms with Crippen LogP contribution in [0.2, 0.25) is 0 Å². The fourth-order valence-electron chi connectivity index (χ4n) is 2.59. The van der Waals surface area contributed by atoms with Gasteiger partial charge < -0.3 is 16.2 Å². The van der Waals surface area contributed by atoms with Gasteiger partial charge in [-0.25, -0.2) is 15.4 Å². The van der Waals surface area contributed by atoms with Crippen molar-refractivity contribution in [3.05, 3.63) is 77.7 Å². The van der Waals surface area contributed by atoms with Gasteiger partial charge in [0.2, 0.25) is 5.91 Å². The van der Waals surface area contributed by atoms with E-state index in [9.17, 15) is 9.18 Å². The molecule has 0 aliphatic rings. The first kappa shape index (κ1) is 20.7. The van der Waals surface area contributed by atoms with E-state index in [1.807, 2.05) is 19.1 Å². The van der Waals surface area contributed by atoms with Gasteiger partial charge in [0, 0.05) is 16.8 Å². The number of aryl methyl sites for hydroxylation is 1. The molecule has 0 unspecified atom stereocenters. The van der Waals surface area contributed by atoms with Crippen molar-refractivity contribution in [1.29, 1.82) is 0 Å². The quantitative estimate of drug-likeness (QED) is 0.196. The molecule has 154 valence electrons. The number of halogens is 1. The Morgan fingerprint density at radius 2 is 1.70 bits per heavy atom. The molecule has 1 amide bonds. The van der Waals surface area contributed by atoms with E-state index in [0.717, 1.165) is 11.3 Å². The summed E-state index contributed by atoms with van der Waals surface area (Å²) in [5, 5.41) is 3.96. The Morgan fingerprint density at radius 3 is 2.33 bits per heavy atom. The van der Waals surface area contributed by atoms with Crippen molar-refractivity contribution in [2.75, 3.05) is 6.54 Å². The number of primary amides is 1. The van der Waals surface area contributed by atoms with E-state index in [-0.39, 0.29) is 18.2 Å². The topological polar surface area (TPSA) is 128 Å². The van der Waals surface area contributed by atoms with Gasteiger partial charge in [0.05, 0.1) is 12.2 Å². The van der Waals surface area contributed by atoms with Gasteiger partial charge in [0.25, 0.3) is 0 Å². The van der Waals surface area contributed by atoms with Crippen molar-refractivity contribution in [2.45, 2.75) is 6.92 Å². The lowest BCUT2D eigenvalue weighted by atomic mass is 10.1. The summed E-state index contributed by atoms with van der Waals surface area (Å²) in [6.07, 6.45) is 0. The number of nitrogens with two attached hydrogens (primary N) is 2. The largest absolute Gasteiger partial charge is 0.457 e. The maximum Gasteiger partial charge on any atom is 0.233 e. The predicted molar refractivity (Wildman–Crippen MR) is 112 cm³/mol. The third kappa shape index (κ3) is 5.76. The third-order valence-electron chi connectivity index (χ3n) is 3.97. The number of aromatic nitrogens is 1. The van der Waals surface area contributed by atoms with E-state index in [4.69, 9.17) is 16.2 Å². The van der Waals surface area contributed by atoms with Gasteiger partial charge in [-0.2, -0.15) is 0 Å². The lowest BCUT2D eigenvalue weighted by Crippen LogP contribution is -2.37. The van der Waals surface area contributed by atoms with E-state index in [2.05, 4.69) is 21.0 Å². The summed E-state index contributed by atoms with van der Waals surface area (Å²) in [6.45, 7) is 1.77. The maximum absolute atomic E-state index is 13.0. The first-order chi connectivity index (χ1) is 14.4. The van der Waals surface area contributed by atoms with Gasteiger partial charge >= 0.3 is 0 Å². The van der Waals surface area contributed by atoms with Crippen LogP contribution in [0.3, 0.4) is 0 Å². The van der Waals surface area contributed by atoms with Gasteiger partial charge in [-0.05, 0) is 67.6 Å². The molecule has 0 bridgehead atoms. The normalized spacial score (nSPS) is 11.2. The minimum Gasteiger partial charge on any atom is -0.457 e. The van der Waals surface area contributed by atoms with Crippen molar-refractivity contribution >= 4 is 11.7 Å². The van der Waals surface area contributed by atoms with Crippen molar-refractivity contribution in [1.82, 2.24) is 15.9 Å². The van der Waals surface area contributed by atoms with Crippen LogP contribution >= 0.6 is 0 Å². The number of pyridine rings is 1. The molecule has 0 radical (unpaired) electrons. The zero-order chi connectivity index (χ0) is 21.5. The SMILES string of the molecule is Cc1cc(C(N)=NNNCC(N)=O)cc(-c2ccc(Oc3ccc(F)cc3)cc2)n1. The number of nitrogens with one attached hydrogen (secondary N) is 2. The predicted octanol–water partition coefficient (Wildman–Crippen LogP) is 2.19. The number of nitrogens with zero attached hydrogens (tertiary/aromatic N) is 2. The highest BCUT2D eigenvalue weighted by Gasteiger charge is 2.07. The van der Waals surface area contributed by atoms with Gasteiger partial charge in [-0.3, -0.25) is 9.78 Å². The first-order valence-electron chi connectivity index (χ1n) is 9.03. The maximum atomic E-state index is 13.0. The number of hydrazone groups is 1. The second-order valence-corrected chi connectivity index (χ2v) is 6.39. The summed E-state index contributed by atoms with van der Waals surface area (Å²) in [7, 11) is 0. The van der Waals surface area contributed by atoms with Crippen LogP contribution in [-0.4, -0.2) is 23.3 Å². The second kappa shape index (κ2) is 9.48. The summed E-state index contributed by atoms with van der Waals surface area (Å²) < 4.78 is 18.7. The fourth-order valence-corrected chi connectivity index (χ4v) is 2.59. The molecular weight excluding hydrogens is 387 g/mol. The Kier molecular flexibility index (Phi) is 6.56. The Balaban J connectivity index is 1.74.